The molecule has 0 bridgehead atoms. The van der Waals surface area contributed by atoms with Crippen molar-refractivity contribution < 1.29 is 5.11 Å². The Morgan fingerprint density at radius 1 is 1.44 bits per heavy atom. The highest BCUT2D eigenvalue weighted by Crippen LogP contribution is 2.25. The summed E-state index contributed by atoms with van der Waals surface area (Å²) in [4.78, 5) is 2.48. The minimum absolute atomic E-state index is 0.251. The standard InChI is InChI=1S/C15H24N2O/c1-12-4-3-5-14(10-12)17-13(2)6-8-16-11-15(17)7-9-18/h3-5,10,13,15-16,18H,6-9,11H2,1-2H3. The van der Waals surface area contributed by atoms with Gasteiger partial charge in [-0.05, 0) is 50.9 Å². The molecule has 0 radical (unpaired) electrons. The molecule has 3 nitrogen and oxygen atoms in total. The Bertz CT molecular complexity index is 381. The average molecular weight is 248 g/mol. The van der Waals surface area contributed by atoms with Crippen LogP contribution in [0.2, 0.25) is 0 Å². The van der Waals surface area contributed by atoms with Crippen molar-refractivity contribution in [3.63, 3.8) is 0 Å². The molecule has 1 heterocycles. The van der Waals surface area contributed by atoms with Crippen molar-refractivity contribution in [1.82, 2.24) is 5.32 Å². The first-order valence-electron chi connectivity index (χ1n) is 6.89. The lowest BCUT2D eigenvalue weighted by molar-refractivity contribution is 0.271. The number of benzene rings is 1. The molecule has 1 aromatic rings. The summed E-state index contributed by atoms with van der Waals surface area (Å²) in [5.74, 6) is 0. The first-order valence-corrected chi connectivity index (χ1v) is 6.89. The van der Waals surface area contributed by atoms with E-state index in [0.717, 1.165) is 25.9 Å². The zero-order chi connectivity index (χ0) is 13.0. The predicted octanol–water partition coefficient (Wildman–Crippen LogP) is 1.93. The number of anilines is 1. The van der Waals surface area contributed by atoms with Crippen molar-refractivity contribution in [2.24, 2.45) is 0 Å². The van der Waals surface area contributed by atoms with E-state index in [0.29, 0.717) is 12.1 Å². The Balaban J connectivity index is 2.28. The number of hydrogen-bond donors (Lipinski definition) is 2. The second kappa shape index (κ2) is 6.21. The molecule has 1 aromatic carbocycles. The maximum Gasteiger partial charge on any atom is 0.0451 e. The largest absolute Gasteiger partial charge is 0.396 e. The van der Waals surface area contributed by atoms with E-state index in [4.69, 9.17) is 0 Å². The number of hydrogen-bond acceptors (Lipinski definition) is 3. The summed E-state index contributed by atoms with van der Waals surface area (Å²) in [6.07, 6.45) is 1.97. The number of rotatable bonds is 3. The third-order valence-corrected chi connectivity index (χ3v) is 3.75. The lowest BCUT2D eigenvalue weighted by atomic mass is 10.1. The van der Waals surface area contributed by atoms with Gasteiger partial charge in [-0.25, -0.2) is 0 Å². The normalized spacial score (nSPS) is 24.9. The van der Waals surface area contributed by atoms with Gasteiger partial charge in [-0.3, -0.25) is 0 Å². The van der Waals surface area contributed by atoms with E-state index in [9.17, 15) is 5.11 Å². The van der Waals surface area contributed by atoms with Gasteiger partial charge in [-0.15, -0.1) is 0 Å². The Morgan fingerprint density at radius 3 is 3.00 bits per heavy atom. The Hall–Kier alpha value is -1.06. The van der Waals surface area contributed by atoms with Gasteiger partial charge in [0, 0.05) is 30.9 Å². The number of aliphatic hydroxyl groups excluding tert-OH is 1. The topological polar surface area (TPSA) is 35.5 Å². The van der Waals surface area contributed by atoms with Crippen molar-refractivity contribution in [1.29, 1.82) is 0 Å². The molecule has 2 N–H and O–H groups in total. The molecule has 1 saturated heterocycles. The SMILES string of the molecule is Cc1cccc(N2C(C)CCNCC2CCO)c1. The van der Waals surface area contributed by atoms with E-state index in [2.05, 4.69) is 48.3 Å². The second-order valence-electron chi connectivity index (χ2n) is 5.25. The maximum atomic E-state index is 9.26. The van der Waals surface area contributed by atoms with Gasteiger partial charge in [0.2, 0.25) is 0 Å². The molecule has 1 aliphatic rings. The minimum atomic E-state index is 0.251. The molecule has 2 unspecified atom stereocenters. The molecule has 1 aliphatic heterocycles. The third-order valence-electron chi connectivity index (χ3n) is 3.75. The number of nitrogens with one attached hydrogen (secondary N) is 1. The molecule has 0 aromatic heterocycles. The van der Waals surface area contributed by atoms with E-state index in [1.807, 2.05) is 0 Å². The molecule has 100 valence electrons. The summed E-state index contributed by atoms with van der Waals surface area (Å²) in [6, 6.07) is 9.57. The maximum absolute atomic E-state index is 9.26. The number of nitrogens with zero attached hydrogens (tertiary/aromatic N) is 1. The van der Waals surface area contributed by atoms with E-state index in [1.54, 1.807) is 0 Å². The van der Waals surface area contributed by atoms with Crippen molar-refractivity contribution >= 4 is 5.69 Å². The molecular formula is C15H24N2O. The number of aryl methyl sites for hydroxylation is 1. The molecule has 2 atom stereocenters. The third kappa shape index (κ3) is 3.03. The van der Waals surface area contributed by atoms with Crippen LogP contribution in [0.3, 0.4) is 0 Å². The van der Waals surface area contributed by atoms with Crippen LogP contribution in [0.15, 0.2) is 24.3 Å². The smallest absolute Gasteiger partial charge is 0.0451 e. The molecule has 18 heavy (non-hydrogen) atoms. The van der Waals surface area contributed by atoms with Gasteiger partial charge in [0.15, 0.2) is 0 Å². The summed E-state index contributed by atoms with van der Waals surface area (Å²) in [5, 5.41) is 12.7. The van der Waals surface area contributed by atoms with Crippen LogP contribution in [-0.2, 0) is 0 Å². The summed E-state index contributed by atoms with van der Waals surface area (Å²) in [6.45, 7) is 6.68. The van der Waals surface area contributed by atoms with Crippen LogP contribution in [0.4, 0.5) is 5.69 Å². The van der Waals surface area contributed by atoms with Gasteiger partial charge in [0.25, 0.3) is 0 Å². The van der Waals surface area contributed by atoms with Crippen LogP contribution in [0.1, 0.15) is 25.3 Å². The van der Waals surface area contributed by atoms with E-state index in [-0.39, 0.29) is 6.61 Å². The fourth-order valence-corrected chi connectivity index (χ4v) is 2.82. The average Bonchev–Trinajstić information content (AvgIpc) is 2.52. The lowest BCUT2D eigenvalue weighted by Crippen LogP contribution is -2.44. The molecule has 1 fully saturated rings. The van der Waals surface area contributed by atoms with Gasteiger partial charge >= 0.3 is 0 Å². The minimum Gasteiger partial charge on any atom is -0.396 e. The van der Waals surface area contributed by atoms with Crippen LogP contribution in [0, 0.1) is 6.92 Å². The van der Waals surface area contributed by atoms with Crippen LogP contribution in [0.5, 0.6) is 0 Å². The monoisotopic (exact) mass is 248 g/mol. The molecule has 2 rings (SSSR count). The Morgan fingerprint density at radius 2 is 2.28 bits per heavy atom. The second-order valence-corrected chi connectivity index (χ2v) is 5.25. The molecule has 3 heteroatoms. The molecule has 0 aliphatic carbocycles. The lowest BCUT2D eigenvalue weighted by Gasteiger charge is -2.36. The van der Waals surface area contributed by atoms with E-state index < -0.39 is 0 Å². The zero-order valence-electron chi connectivity index (χ0n) is 11.4. The van der Waals surface area contributed by atoms with Gasteiger partial charge in [0.1, 0.15) is 0 Å². The summed E-state index contributed by atoms with van der Waals surface area (Å²) >= 11 is 0. The van der Waals surface area contributed by atoms with Gasteiger partial charge in [-0.1, -0.05) is 12.1 Å². The van der Waals surface area contributed by atoms with Crippen LogP contribution >= 0.6 is 0 Å². The van der Waals surface area contributed by atoms with Crippen molar-refractivity contribution in [3.8, 4) is 0 Å². The first kappa shape index (κ1) is 13.4. The molecule has 0 spiro atoms. The quantitative estimate of drug-likeness (QED) is 0.858. The van der Waals surface area contributed by atoms with Gasteiger partial charge < -0.3 is 15.3 Å². The molecule has 0 saturated carbocycles. The van der Waals surface area contributed by atoms with Crippen molar-refractivity contribution in [3.05, 3.63) is 29.8 Å². The van der Waals surface area contributed by atoms with Gasteiger partial charge in [-0.2, -0.15) is 0 Å². The summed E-state index contributed by atoms with van der Waals surface area (Å²) < 4.78 is 0. The zero-order valence-corrected chi connectivity index (χ0v) is 11.4. The van der Waals surface area contributed by atoms with Crippen LogP contribution < -0.4 is 10.2 Å². The van der Waals surface area contributed by atoms with Crippen molar-refractivity contribution in [2.75, 3.05) is 24.6 Å². The van der Waals surface area contributed by atoms with Gasteiger partial charge in [0.05, 0.1) is 0 Å². The Labute approximate surface area is 110 Å². The van der Waals surface area contributed by atoms with E-state index >= 15 is 0 Å². The van der Waals surface area contributed by atoms with Crippen molar-refractivity contribution in [2.45, 2.75) is 38.8 Å². The summed E-state index contributed by atoms with van der Waals surface area (Å²) in [7, 11) is 0. The molecule has 0 amide bonds. The fourth-order valence-electron chi connectivity index (χ4n) is 2.82. The first-order chi connectivity index (χ1) is 8.72. The van der Waals surface area contributed by atoms with Crippen LogP contribution in [-0.4, -0.2) is 36.9 Å². The highest BCUT2D eigenvalue weighted by atomic mass is 16.3. The predicted molar refractivity (Wildman–Crippen MR) is 76.1 cm³/mol. The molecular weight excluding hydrogens is 224 g/mol. The Kier molecular flexibility index (Phi) is 4.61. The summed E-state index contributed by atoms with van der Waals surface area (Å²) in [5.41, 5.74) is 2.57. The fraction of sp³-hybridized carbons (Fsp3) is 0.600. The number of aliphatic hydroxyl groups is 1. The highest BCUT2D eigenvalue weighted by molar-refractivity contribution is 5.50. The van der Waals surface area contributed by atoms with E-state index in [1.165, 1.54) is 11.3 Å². The van der Waals surface area contributed by atoms with Crippen LogP contribution in [0.25, 0.3) is 0 Å². The highest BCUT2D eigenvalue weighted by Gasteiger charge is 2.25.